The predicted octanol–water partition coefficient (Wildman–Crippen LogP) is 0.705. The molecule has 0 aromatic carbocycles. The van der Waals surface area contributed by atoms with Crippen LogP contribution < -0.4 is 0 Å². The summed E-state index contributed by atoms with van der Waals surface area (Å²) in [7, 11) is 3.96. The van der Waals surface area contributed by atoms with Crippen molar-refractivity contribution in [3.05, 3.63) is 17.5 Å². The molecular weight excluding hydrogens is 194 g/mol. The van der Waals surface area contributed by atoms with Crippen molar-refractivity contribution >= 4 is 5.97 Å². The molecule has 15 heavy (non-hydrogen) atoms. The summed E-state index contributed by atoms with van der Waals surface area (Å²) in [5, 5.41) is 13.0. The van der Waals surface area contributed by atoms with E-state index >= 15 is 0 Å². The smallest absolute Gasteiger partial charge is 0.339 e. The van der Waals surface area contributed by atoms with E-state index in [0.29, 0.717) is 12.0 Å². The highest BCUT2D eigenvalue weighted by molar-refractivity contribution is 5.88. The fraction of sp³-hybridized carbons (Fsp3) is 0.600. The number of aromatic nitrogens is 2. The van der Waals surface area contributed by atoms with Gasteiger partial charge in [-0.25, -0.2) is 4.79 Å². The van der Waals surface area contributed by atoms with Crippen molar-refractivity contribution in [3.8, 4) is 0 Å². The standard InChI is InChI=1S/C10H17N3O2/c1-4-9-8(10(14)15)7-11-13(9)6-5-12(2)3/h7H,4-6H2,1-3H3,(H,14,15). The van der Waals surface area contributed by atoms with Gasteiger partial charge in [0.2, 0.25) is 0 Å². The maximum Gasteiger partial charge on any atom is 0.339 e. The molecule has 0 unspecified atom stereocenters. The van der Waals surface area contributed by atoms with Gasteiger partial charge in [-0.05, 0) is 20.5 Å². The summed E-state index contributed by atoms with van der Waals surface area (Å²) in [5.41, 5.74) is 1.11. The van der Waals surface area contributed by atoms with Crippen molar-refractivity contribution in [3.63, 3.8) is 0 Å². The highest BCUT2D eigenvalue weighted by Crippen LogP contribution is 2.09. The molecule has 5 heteroatoms. The van der Waals surface area contributed by atoms with Gasteiger partial charge in [0.1, 0.15) is 5.56 Å². The summed E-state index contributed by atoms with van der Waals surface area (Å²) < 4.78 is 1.77. The Morgan fingerprint density at radius 1 is 1.60 bits per heavy atom. The lowest BCUT2D eigenvalue weighted by molar-refractivity contribution is 0.0695. The summed E-state index contributed by atoms with van der Waals surface area (Å²) in [5.74, 6) is -0.900. The van der Waals surface area contributed by atoms with Gasteiger partial charge in [-0.1, -0.05) is 6.92 Å². The number of likely N-dealkylation sites (N-methyl/N-ethyl adjacent to an activating group) is 1. The summed E-state index contributed by atoms with van der Waals surface area (Å²) >= 11 is 0. The van der Waals surface area contributed by atoms with E-state index in [2.05, 4.69) is 5.10 Å². The van der Waals surface area contributed by atoms with Crippen LogP contribution in [-0.4, -0.2) is 46.4 Å². The summed E-state index contributed by atoms with van der Waals surface area (Å²) in [6.45, 7) is 3.52. The minimum atomic E-state index is -0.900. The second-order valence-electron chi connectivity index (χ2n) is 3.69. The first-order chi connectivity index (χ1) is 7.06. The number of carboxylic acids is 1. The topological polar surface area (TPSA) is 58.4 Å². The number of aromatic carboxylic acids is 1. The van der Waals surface area contributed by atoms with Crippen LogP contribution in [0.3, 0.4) is 0 Å². The van der Waals surface area contributed by atoms with Crippen molar-refractivity contribution in [1.29, 1.82) is 0 Å². The Morgan fingerprint density at radius 3 is 2.73 bits per heavy atom. The zero-order valence-corrected chi connectivity index (χ0v) is 9.40. The van der Waals surface area contributed by atoms with E-state index in [0.717, 1.165) is 18.8 Å². The molecule has 1 heterocycles. The largest absolute Gasteiger partial charge is 0.478 e. The molecule has 0 aliphatic carbocycles. The van der Waals surface area contributed by atoms with Crippen molar-refractivity contribution in [2.24, 2.45) is 0 Å². The quantitative estimate of drug-likeness (QED) is 0.779. The van der Waals surface area contributed by atoms with E-state index in [1.165, 1.54) is 6.20 Å². The monoisotopic (exact) mass is 211 g/mol. The zero-order chi connectivity index (χ0) is 11.4. The lowest BCUT2D eigenvalue weighted by Crippen LogP contribution is -2.20. The molecule has 0 radical (unpaired) electrons. The number of hydrogen-bond acceptors (Lipinski definition) is 3. The van der Waals surface area contributed by atoms with Gasteiger partial charge in [0.15, 0.2) is 0 Å². The third kappa shape index (κ3) is 2.79. The average Bonchev–Trinajstić information content (AvgIpc) is 2.57. The molecule has 1 aromatic rings. The number of nitrogens with zero attached hydrogens (tertiary/aromatic N) is 3. The molecule has 0 aliphatic rings. The molecular formula is C10H17N3O2. The lowest BCUT2D eigenvalue weighted by Gasteiger charge is -2.11. The molecule has 0 spiro atoms. The minimum absolute atomic E-state index is 0.316. The van der Waals surface area contributed by atoms with Gasteiger partial charge in [0.25, 0.3) is 0 Å². The van der Waals surface area contributed by atoms with Crippen LogP contribution in [0.4, 0.5) is 0 Å². The highest BCUT2D eigenvalue weighted by Gasteiger charge is 2.14. The van der Waals surface area contributed by atoms with Crippen LogP contribution >= 0.6 is 0 Å². The Balaban J connectivity index is 2.84. The maximum atomic E-state index is 10.9. The van der Waals surface area contributed by atoms with Crippen LogP contribution in [-0.2, 0) is 13.0 Å². The number of carbonyl (C=O) groups is 1. The maximum absolute atomic E-state index is 10.9. The van der Waals surface area contributed by atoms with Crippen LogP contribution in [0, 0.1) is 0 Å². The second-order valence-corrected chi connectivity index (χ2v) is 3.69. The highest BCUT2D eigenvalue weighted by atomic mass is 16.4. The van der Waals surface area contributed by atoms with Gasteiger partial charge in [-0.2, -0.15) is 5.10 Å². The molecule has 0 atom stereocenters. The number of hydrogen-bond donors (Lipinski definition) is 1. The summed E-state index contributed by atoms with van der Waals surface area (Å²) in [4.78, 5) is 12.9. The van der Waals surface area contributed by atoms with Gasteiger partial charge in [0, 0.05) is 6.54 Å². The molecule has 5 nitrogen and oxygen atoms in total. The van der Waals surface area contributed by atoms with Gasteiger partial charge in [0.05, 0.1) is 18.4 Å². The number of carboxylic acid groups (broad SMARTS) is 1. The predicted molar refractivity (Wildman–Crippen MR) is 57.1 cm³/mol. The van der Waals surface area contributed by atoms with Crippen LogP contribution in [0.25, 0.3) is 0 Å². The van der Waals surface area contributed by atoms with E-state index < -0.39 is 5.97 Å². The van der Waals surface area contributed by atoms with E-state index in [1.807, 2.05) is 25.9 Å². The third-order valence-corrected chi connectivity index (χ3v) is 2.27. The summed E-state index contributed by atoms with van der Waals surface area (Å²) in [6, 6.07) is 0. The van der Waals surface area contributed by atoms with Crippen molar-refractivity contribution in [2.45, 2.75) is 19.9 Å². The first-order valence-electron chi connectivity index (χ1n) is 4.99. The van der Waals surface area contributed by atoms with Crippen LogP contribution in [0.5, 0.6) is 0 Å². The average molecular weight is 211 g/mol. The fourth-order valence-electron chi connectivity index (χ4n) is 1.45. The van der Waals surface area contributed by atoms with Crippen molar-refractivity contribution < 1.29 is 9.90 Å². The molecule has 0 saturated carbocycles. The molecule has 0 bridgehead atoms. The Bertz CT molecular complexity index is 344. The molecule has 1 aromatic heterocycles. The zero-order valence-electron chi connectivity index (χ0n) is 9.40. The molecule has 0 aliphatic heterocycles. The first kappa shape index (κ1) is 11.7. The minimum Gasteiger partial charge on any atom is -0.478 e. The molecule has 0 fully saturated rings. The van der Waals surface area contributed by atoms with Gasteiger partial charge in [-0.15, -0.1) is 0 Å². The molecule has 0 saturated heterocycles. The number of rotatable bonds is 5. The third-order valence-electron chi connectivity index (χ3n) is 2.27. The van der Waals surface area contributed by atoms with E-state index in [9.17, 15) is 4.79 Å². The lowest BCUT2D eigenvalue weighted by atomic mass is 10.2. The molecule has 0 amide bonds. The second kappa shape index (κ2) is 4.93. The van der Waals surface area contributed by atoms with Crippen LogP contribution in [0.15, 0.2) is 6.20 Å². The van der Waals surface area contributed by atoms with Gasteiger partial charge < -0.3 is 10.0 Å². The Labute approximate surface area is 89.3 Å². The van der Waals surface area contributed by atoms with E-state index in [4.69, 9.17) is 5.11 Å². The van der Waals surface area contributed by atoms with Crippen molar-refractivity contribution in [2.75, 3.05) is 20.6 Å². The summed E-state index contributed by atoms with van der Waals surface area (Å²) in [6.07, 6.45) is 2.12. The van der Waals surface area contributed by atoms with Gasteiger partial charge in [-0.3, -0.25) is 4.68 Å². The van der Waals surface area contributed by atoms with Crippen molar-refractivity contribution in [1.82, 2.24) is 14.7 Å². The first-order valence-corrected chi connectivity index (χ1v) is 4.99. The van der Waals surface area contributed by atoms with Gasteiger partial charge >= 0.3 is 5.97 Å². The van der Waals surface area contributed by atoms with Crippen LogP contribution in [0.1, 0.15) is 23.0 Å². The van der Waals surface area contributed by atoms with E-state index in [1.54, 1.807) is 4.68 Å². The SMILES string of the molecule is CCc1c(C(=O)O)cnn1CCN(C)C. The molecule has 1 rings (SSSR count). The normalized spacial score (nSPS) is 10.9. The Hall–Kier alpha value is -1.36. The molecule has 84 valence electrons. The Kier molecular flexibility index (Phi) is 3.85. The van der Waals surface area contributed by atoms with E-state index in [-0.39, 0.29) is 0 Å². The van der Waals surface area contributed by atoms with Crippen LogP contribution in [0.2, 0.25) is 0 Å². The Morgan fingerprint density at radius 2 is 2.27 bits per heavy atom. The molecule has 1 N–H and O–H groups in total. The fourth-order valence-corrected chi connectivity index (χ4v) is 1.45.